The zero-order chi connectivity index (χ0) is 31.3. The average Bonchev–Trinajstić information content (AvgIpc) is 3.43. The Morgan fingerprint density at radius 3 is 2.21 bits per heavy atom. The van der Waals surface area contributed by atoms with E-state index in [2.05, 4.69) is 85.0 Å². The molecule has 1 N–H and O–H groups in total. The highest BCUT2D eigenvalue weighted by Gasteiger charge is 2.45. The Balaban J connectivity index is 1.89. The van der Waals surface area contributed by atoms with Gasteiger partial charge in [0.2, 0.25) is 0 Å². The minimum Gasteiger partial charge on any atom is -0.469 e. The third-order valence-electron chi connectivity index (χ3n) is 10.7. The summed E-state index contributed by atoms with van der Waals surface area (Å²) in [6, 6.07) is 0. The zero-order valence-electron chi connectivity index (χ0n) is 28.8. The predicted molar refractivity (Wildman–Crippen MR) is 179 cm³/mol. The van der Waals surface area contributed by atoms with Gasteiger partial charge in [-0.3, -0.25) is 9.89 Å². The van der Waals surface area contributed by atoms with Gasteiger partial charge in [-0.05, 0) is 74.3 Å². The summed E-state index contributed by atoms with van der Waals surface area (Å²) in [6.45, 7) is 23.5. The van der Waals surface area contributed by atoms with E-state index in [0.29, 0.717) is 12.3 Å². The summed E-state index contributed by atoms with van der Waals surface area (Å²) in [5.74, 6) is 0.634. The number of nitrogens with zero attached hydrogens (tertiary/aromatic N) is 1. The first-order valence-corrected chi connectivity index (χ1v) is 22.5. The SMILES string of the molecule is COC(=O)CCCCCc1n[nH]c2c1C(/C=C/[C@H](O[Si](C)(C)C(C)(C)C)C1CCCCC1)C(O[Si](C)(C)C(C)(C)C)C2. The number of carbonyl (C=O) groups is 1. The van der Waals surface area contributed by atoms with Crippen LogP contribution in [0.3, 0.4) is 0 Å². The first kappa shape index (κ1) is 35.3. The fourth-order valence-corrected chi connectivity index (χ4v) is 8.56. The molecular formula is C34H62N2O4Si2. The Hall–Kier alpha value is -1.23. The molecule has 0 amide bonds. The van der Waals surface area contributed by atoms with Crippen LogP contribution in [0, 0.1) is 5.92 Å². The van der Waals surface area contributed by atoms with Crippen molar-refractivity contribution < 1.29 is 18.4 Å². The lowest BCUT2D eigenvalue weighted by Crippen LogP contribution is -2.46. The van der Waals surface area contributed by atoms with Gasteiger partial charge in [-0.2, -0.15) is 5.10 Å². The minimum atomic E-state index is -1.98. The molecule has 0 spiro atoms. The number of aryl methyl sites for hydroxylation is 1. The Morgan fingerprint density at radius 1 is 0.976 bits per heavy atom. The monoisotopic (exact) mass is 618 g/mol. The smallest absolute Gasteiger partial charge is 0.305 e. The van der Waals surface area contributed by atoms with E-state index >= 15 is 0 Å². The van der Waals surface area contributed by atoms with Gasteiger partial charge in [-0.1, -0.05) is 79.4 Å². The third-order valence-corrected chi connectivity index (χ3v) is 19.7. The molecule has 42 heavy (non-hydrogen) atoms. The molecule has 2 aliphatic carbocycles. The number of esters is 1. The number of methoxy groups -OCH3 is 1. The van der Waals surface area contributed by atoms with Crippen LogP contribution >= 0.6 is 0 Å². The molecule has 6 nitrogen and oxygen atoms in total. The number of aromatic nitrogens is 2. The van der Waals surface area contributed by atoms with Crippen molar-refractivity contribution in [3.05, 3.63) is 29.1 Å². The molecule has 1 aromatic heterocycles. The fraction of sp³-hybridized carbons (Fsp3) is 0.824. The molecule has 2 aliphatic rings. The molecule has 8 heteroatoms. The number of carbonyl (C=O) groups excluding carboxylic acids is 1. The lowest BCUT2D eigenvalue weighted by atomic mass is 9.84. The molecule has 0 aromatic carbocycles. The second-order valence-corrected chi connectivity index (χ2v) is 25.5. The Kier molecular flexibility index (Phi) is 12.0. The van der Waals surface area contributed by atoms with Crippen LogP contribution in [-0.2, 0) is 31.2 Å². The summed E-state index contributed by atoms with van der Waals surface area (Å²) in [6.07, 6.45) is 16.8. The van der Waals surface area contributed by atoms with Crippen LogP contribution in [0.2, 0.25) is 36.3 Å². The lowest BCUT2D eigenvalue weighted by Gasteiger charge is -2.42. The molecule has 1 aromatic rings. The topological polar surface area (TPSA) is 73.4 Å². The molecule has 0 radical (unpaired) electrons. The van der Waals surface area contributed by atoms with Gasteiger partial charge in [-0.15, -0.1) is 0 Å². The number of hydrogen-bond donors (Lipinski definition) is 1. The van der Waals surface area contributed by atoms with E-state index in [1.807, 2.05) is 0 Å². The van der Waals surface area contributed by atoms with E-state index in [4.69, 9.17) is 18.7 Å². The van der Waals surface area contributed by atoms with Crippen LogP contribution in [0.5, 0.6) is 0 Å². The van der Waals surface area contributed by atoms with Gasteiger partial charge >= 0.3 is 5.97 Å². The van der Waals surface area contributed by atoms with E-state index in [-0.39, 0.29) is 34.2 Å². The molecule has 0 aliphatic heterocycles. The maximum Gasteiger partial charge on any atom is 0.305 e. The number of H-pyrrole nitrogens is 1. The first-order chi connectivity index (χ1) is 19.5. The number of rotatable bonds is 13. The van der Waals surface area contributed by atoms with E-state index in [1.54, 1.807) is 0 Å². The van der Waals surface area contributed by atoms with Crippen molar-refractivity contribution in [2.75, 3.05) is 7.11 Å². The molecular weight excluding hydrogens is 557 g/mol. The van der Waals surface area contributed by atoms with Crippen LogP contribution in [-0.4, -0.2) is 52.1 Å². The molecule has 3 rings (SSSR count). The summed E-state index contributed by atoms with van der Waals surface area (Å²) in [7, 11) is -2.46. The van der Waals surface area contributed by atoms with Gasteiger partial charge < -0.3 is 13.6 Å². The molecule has 1 saturated carbocycles. The van der Waals surface area contributed by atoms with Gasteiger partial charge in [-0.25, -0.2) is 0 Å². The molecule has 3 atom stereocenters. The number of ether oxygens (including phenoxy) is 1. The van der Waals surface area contributed by atoms with Crippen molar-refractivity contribution in [2.24, 2.45) is 5.92 Å². The van der Waals surface area contributed by atoms with E-state index < -0.39 is 16.6 Å². The van der Waals surface area contributed by atoms with Crippen molar-refractivity contribution in [3.63, 3.8) is 0 Å². The second kappa shape index (κ2) is 14.3. The van der Waals surface area contributed by atoms with Gasteiger partial charge in [0.25, 0.3) is 0 Å². The number of aromatic amines is 1. The third kappa shape index (κ3) is 8.92. The summed E-state index contributed by atoms with van der Waals surface area (Å²) in [4.78, 5) is 11.5. The van der Waals surface area contributed by atoms with Crippen molar-refractivity contribution >= 4 is 22.6 Å². The Labute approximate surface area is 259 Å². The normalized spacial score (nSPS) is 21.6. The highest BCUT2D eigenvalue weighted by Crippen LogP contribution is 2.45. The van der Waals surface area contributed by atoms with Crippen molar-refractivity contribution in [1.82, 2.24) is 10.2 Å². The van der Waals surface area contributed by atoms with Crippen LogP contribution in [0.15, 0.2) is 12.2 Å². The number of nitrogens with one attached hydrogen (secondary N) is 1. The van der Waals surface area contributed by atoms with E-state index in [0.717, 1.165) is 32.1 Å². The van der Waals surface area contributed by atoms with Crippen LogP contribution in [0.4, 0.5) is 0 Å². The zero-order valence-corrected chi connectivity index (χ0v) is 30.8. The van der Waals surface area contributed by atoms with E-state index in [1.165, 1.54) is 56.2 Å². The van der Waals surface area contributed by atoms with Crippen LogP contribution in [0.1, 0.15) is 122 Å². The highest BCUT2D eigenvalue weighted by atomic mass is 28.4. The largest absolute Gasteiger partial charge is 0.469 e. The van der Waals surface area contributed by atoms with Gasteiger partial charge in [0.05, 0.1) is 25.0 Å². The Morgan fingerprint density at radius 2 is 1.62 bits per heavy atom. The molecule has 0 saturated heterocycles. The van der Waals surface area contributed by atoms with E-state index in [9.17, 15) is 4.79 Å². The maximum atomic E-state index is 11.5. The molecule has 1 fully saturated rings. The first-order valence-electron chi connectivity index (χ1n) is 16.6. The lowest BCUT2D eigenvalue weighted by molar-refractivity contribution is -0.140. The number of fused-ring (bicyclic) bond motifs is 1. The molecule has 1 heterocycles. The van der Waals surface area contributed by atoms with Gasteiger partial charge in [0.15, 0.2) is 16.6 Å². The second-order valence-electron chi connectivity index (χ2n) is 16.0. The average molecular weight is 619 g/mol. The molecule has 2 unspecified atom stereocenters. The maximum absolute atomic E-state index is 11.5. The minimum absolute atomic E-state index is 0.115. The van der Waals surface area contributed by atoms with Gasteiger partial charge in [0.1, 0.15) is 0 Å². The van der Waals surface area contributed by atoms with Crippen LogP contribution < -0.4 is 0 Å². The molecule has 0 bridgehead atoms. The quantitative estimate of drug-likeness (QED) is 0.103. The summed E-state index contributed by atoms with van der Waals surface area (Å²) in [5.41, 5.74) is 3.74. The predicted octanol–water partition coefficient (Wildman–Crippen LogP) is 9.24. The summed E-state index contributed by atoms with van der Waals surface area (Å²) >= 11 is 0. The van der Waals surface area contributed by atoms with Crippen molar-refractivity contribution in [1.29, 1.82) is 0 Å². The standard InChI is InChI=1S/C34H62N2O4Si2/c1-33(2,3)41(8,9)39-29(25-18-14-12-15-19-25)23-22-26-30(40-42(10,11)34(4,5)6)24-28-32(26)27(35-36-28)20-16-13-17-21-31(37)38-7/h22-23,25-26,29-30H,12-21,24H2,1-11H3,(H,35,36)/b23-22+/t26?,29-,30?/m0/s1. The van der Waals surface area contributed by atoms with Gasteiger partial charge in [0, 0.05) is 30.0 Å². The van der Waals surface area contributed by atoms with Crippen molar-refractivity contribution in [3.8, 4) is 0 Å². The summed E-state index contributed by atoms with van der Waals surface area (Å²) in [5, 5.41) is 8.53. The summed E-state index contributed by atoms with van der Waals surface area (Å²) < 4.78 is 19.1. The van der Waals surface area contributed by atoms with Crippen LogP contribution in [0.25, 0.3) is 0 Å². The number of hydrogen-bond acceptors (Lipinski definition) is 5. The molecule has 240 valence electrons. The highest BCUT2D eigenvalue weighted by molar-refractivity contribution is 6.74. The van der Waals surface area contributed by atoms with Crippen molar-refractivity contribution in [2.45, 2.75) is 167 Å². The fourth-order valence-electron chi connectivity index (χ4n) is 5.92. The number of unbranched alkanes of at least 4 members (excludes halogenated alkanes) is 2. The Bertz CT molecular complexity index is 1040.